The van der Waals surface area contributed by atoms with E-state index in [0.717, 1.165) is 38.5 Å². The van der Waals surface area contributed by atoms with Crippen LogP contribution in [0.25, 0.3) is 32.8 Å². The Kier molecular flexibility index (Phi) is 6.22. The number of benzene rings is 3. The molecule has 0 radical (unpaired) electrons. The zero-order valence-electron chi connectivity index (χ0n) is 18.8. The SMILES string of the molecule is Cc1nc(NCCC(=O)N2CCOCC2)nc2cc(-c3cc(O)cc4ccccc34)c(Cl)cc12. The molecule has 0 saturated carbocycles. The summed E-state index contributed by atoms with van der Waals surface area (Å²) in [4.78, 5) is 23.5. The molecule has 0 bridgehead atoms. The lowest BCUT2D eigenvalue weighted by Crippen LogP contribution is -2.41. The van der Waals surface area contributed by atoms with Crippen LogP contribution < -0.4 is 5.32 Å². The van der Waals surface area contributed by atoms with Crippen molar-refractivity contribution in [2.24, 2.45) is 0 Å². The first kappa shape index (κ1) is 22.4. The van der Waals surface area contributed by atoms with Crippen molar-refractivity contribution >= 4 is 45.1 Å². The first-order valence-corrected chi connectivity index (χ1v) is 11.7. The van der Waals surface area contributed by atoms with Crippen LogP contribution in [0.2, 0.25) is 5.02 Å². The highest BCUT2D eigenvalue weighted by molar-refractivity contribution is 6.34. The van der Waals surface area contributed by atoms with Gasteiger partial charge in [-0.15, -0.1) is 0 Å². The lowest BCUT2D eigenvalue weighted by molar-refractivity contribution is -0.134. The monoisotopic (exact) mass is 476 g/mol. The molecule has 1 fully saturated rings. The van der Waals surface area contributed by atoms with Gasteiger partial charge in [0.1, 0.15) is 5.75 Å². The molecule has 1 aliphatic rings. The van der Waals surface area contributed by atoms with Gasteiger partial charge in [0.05, 0.1) is 24.4 Å². The molecule has 0 aliphatic carbocycles. The number of hydrogen-bond donors (Lipinski definition) is 2. The lowest BCUT2D eigenvalue weighted by atomic mass is 9.96. The molecule has 2 heterocycles. The van der Waals surface area contributed by atoms with E-state index in [-0.39, 0.29) is 11.7 Å². The maximum atomic E-state index is 12.4. The predicted molar refractivity (Wildman–Crippen MR) is 134 cm³/mol. The Morgan fingerprint density at radius 3 is 2.71 bits per heavy atom. The largest absolute Gasteiger partial charge is 0.508 e. The quantitative estimate of drug-likeness (QED) is 0.431. The van der Waals surface area contributed by atoms with Crippen molar-refractivity contribution < 1.29 is 14.6 Å². The van der Waals surface area contributed by atoms with Gasteiger partial charge in [-0.2, -0.15) is 0 Å². The lowest BCUT2D eigenvalue weighted by Gasteiger charge is -2.26. The number of carbonyl (C=O) groups excluding carboxylic acids is 1. The van der Waals surface area contributed by atoms with Crippen molar-refractivity contribution in [2.75, 3.05) is 38.2 Å². The Morgan fingerprint density at radius 2 is 1.88 bits per heavy atom. The minimum Gasteiger partial charge on any atom is -0.508 e. The van der Waals surface area contributed by atoms with Gasteiger partial charge in [0.2, 0.25) is 11.9 Å². The summed E-state index contributed by atoms with van der Waals surface area (Å²) < 4.78 is 5.31. The molecule has 4 aromatic rings. The van der Waals surface area contributed by atoms with Crippen LogP contribution in [-0.4, -0.2) is 58.7 Å². The molecular formula is C26H25ClN4O3. The van der Waals surface area contributed by atoms with E-state index in [0.29, 0.717) is 50.2 Å². The molecule has 1 saturated heterocycles. The van der Waals surface area contributed by atoms with Crippen molar-refractivity contribution in [3.05, 3.63) is 59.2 Å². The fraction of sp³-hybridized carbons (Fsp3) is 0.269. The first-order chi connectivity index (χ1) is 16.5. The summed E-state index contributed by atoms with van der Waals surface area (Å²) in [5.74, 6) is 0.739. The van der Waals surface area contributed by atoms with Gasteiger partial charge in [-0.1, -0.05) is 35.9 Å². The number of phenols is 1. The second-order valence-electron chi connectivity index (χ2n) is 8.37. The number of morpholine rings is 1. The van der Waals surface area contributed by atoms with Gasteiger partial charge in [-0.3, -0.25) is 4.79 Å². The molecule has 34 heavy (non-hydrogen) atoms. The van der Waals surface area contributed by atoms with E-state index < -0.39 is 0 Å². The van der Waals surface area contributed by atoms with E-state index in [1.165, 1.54) is 0 Å². The van der Waals surface area contributed by atoms with E-state index in [1.807, 2.05) is 48.2 Å². The number of hydrogen-bond acceptors (Lipinski definition) is 6. The number of carbonyl (C=O) groups is 1. The predicted octanol–water partition coefficient (Wildman–Crippen LogP) is 4.78. The van der Waals surface area contributed by atoms with E-state index in [2.05, 4.69) is 15.3 Å². The van der Waals surface area contributed by atoms with Crippen molar-refractivity contribution in [3.63, 3.8) is 0 Å². The second kappa shape index (κ2) is 9.44. The van der Waals surface area contributed by atoms with Crippen LogP contribution >= 0.6 is 11.6 Å². The van der Waals surface area contributed by atoms with Crippen LogP contribution in [0.4, 0.5) is 5.95 Å². The summed E-state index contributed by atoms with van der Waals surface area (Å²) in [7, 11) is 0. The summed E-state index contributed by atoms with van der Waals surface area (Å²) in [6.45, 7) is 4.80. The third-order valence-corrected chi connectivity index (χ3v) is 6.41. The number of rotatable bonds is 5. The maximum absolute atomic E-state index is 12.4. The van der Waals surface area contributed by atoms with Gasteiger partial charge in [0.25, 0.3) is 0 Å². The van der Waals surface area contributed by atoms with Crippen LogP contribution in [0.1, 0.15) is 12.1 Å². The summed E-state index contributed by atoms with van der Waals surface area (Å²) in [6.07, 6.45) is 0.363. The molecule has 3 aromatic carbocycles. The van der Waals surface area contributed by atoms with Crippen LogP contribution in [0, 0.1) is 6.92 Å². The molecule has 0 unspecified atom stereocenters. The number of nitrogens with zero attached hydrogens (tertiary/aromatic N) is 3. The average Bonchev–Trinajstić information content (AvgIpc) is 2.84. The van der Waals surface area contributed by atoms with Gasteiger partial charge >= 0.3 is 0 Å². The highest BCUT2D eigenvalue weighted by Crippen LogP contribution is 2.38. The van der Waals surface area contributed by atoms with Gasteiger partial charge in [-0.05, 0) is 47.5 Å². The van der Waals surface area contributed by atoms with Gasteiger partial charge in [-0.25, -0.2) is 9.97 Å². The zero-order valence-corrected chi connectivity index (χ0v) is 19.6. The third-order valence-electron chi connectivity index (χ3n) is 6.10. The Bertz CT molecular complexity index is 1390. The van der Waals surface area contributed by atoms with E-state index >= 15 is 0 Å². The van der Waals surface area contributed by atoms with E-state index in [1.54, 1.807) is 12.1 Å². The van der Waals surface area contributed by atoms with E-state index in [9.17, 15) is 9.90 Å². The van der Waals surface area contributed by atoms with Crippen LogP contribution in [0.3, 0.4) is 0 Å². The summed E-state index contributed by atoms with van der Waals surface area (Å²) >= 11 is 6.69. The minimum absolute atomic E-state index is 0.0955. The van der Waals surface area contributed by atoms with Gasteiger partial charge in [0, 0.05) is 42.0 Å². The van der Waals surface area contributed by atoms with Crippen molar-refractivity contribution in [1.29, 1.82) is 0 Å². The van der Waals surface area contributed by atoms with Crippen molar-refractivity contribution in [1.82, 2.24) is 14.9 Å². The number of fused-ring (bicyclic) bond motifs is 2. The Morgan fingerprint density at radius 1 is 1.09 bits per heavy atom. The molecule has 5 rings (SSSR count). The molecule has 8 heteroatoms. The molecule has 7 nitrogen and oxygen atoms in total. The zero-order chi connectivity index (χ0) is 23.7. The average molecular weight is 477 g/mol. The number of aryl methyl sites for hydroxylation is 1. The number of anilines is 1. The molecule has 1 amide bonds. The van der Waals surface area contributed by atoms with Crippen LogP contribution in [0.5, 0.6) is 5.75 Å². The number of nitrogens with one attached hydrogen (secondary N) is 1. The smallest absolute Gasteiger partial charge is 0.224 e. The first-order valence-electron chi connectivity index (χ1n) is 11.3. The number of amides is 1. The number of halogens is 1. The van der Waals surface area contributed by atoms with Crippen LogP contribution in [0.15, 0.2) is 48.5 Å². The number of aromatic nitrogens is 2. The topological polar surface area (TPSA) is 87.6 Å². The molecule has 2 N–H and O–H groups in total. The van der Waals surface area contributed by atoms with Crippen molar-refractivity contribution in [2.45, 2.75) is 13.3 Å². The van der Waals surface area contributed by atoms with E-state index in [4.69, 9.17) is 16.3 Å². The molecule has 1 aliphatic heterocycles. The standard InChI is InChI=1S/C26H25ClN4O3/c1-16-20-14-23(27)22(21-13-18(32)12-17-4-2-3-5-19(17)21)15-24(20)30-26(29-16)28-7-6-25(33)31-8-10-34-11-9-31/h2-5,12-15,32H,6-11H2,1H3,(H,28,29,30). The summed E-state index contributed by atoms with van der Waals surface area (Å²) in [6, 6.07) is 15.1. The molecule has 174 valence electrons. The Labute approximate surface area is 202 Å². The van der Waals surface area contributed by atoms with Crippen LogP contribution in [-0.2, 0) is 9.53 Å². The summed E-state index contributed by atoms with van der Waals surface area (Å²) in [5.41, 5.74) is 3.15. The highest BCUT2D eigenvalue weighted by Gasteiger charge is 2.17. The van der Waals surface area contributed by atoms with Gasteiger partial charge in [0.15, 0.2) is 0 Å². The fourth-order valence-electron chi connectivity index (χ4n) is 4.36. The number of ether oxygens (including phenoxy) is 1. The number of aromatic hydroxyl groups is 1. The highest BCUT2D eigenvalue weighted by atomic mass is 35.5. The minimum atomic E-state index is 0.0955. The molecule has 0 atom stereocenters. The second-order valence-corrected chi connectivity index (χ2v) is 8.77. The Balaban J connectivity index is 1.44. The fourth-order valence-corrected chi connectivity index (χ4v) is 4.62. The number of phenolic OH excluding ortho intramolecular Hbond substituents is 1. The molecule has 1 aromatic heterocycles. The maximum Gasteiger partial charge on any atom is 0.224 e. The Hall–Kier alpha value is -3.42. The third kappa shape index (κ3) is 4.49. The van der Waals surface area contributed by atoms with Gasteiger partial charge < -0.3 is 20.1 Å². The summed E-state index contributed by atoms with van der Waals surface area (Å²) in [5, 5.41) is 16.8. The normalized spacial score (nSPS) is 14.0. The van der Waals surface area contributed by atoms with Crippen molar-refractivity contribution in [3.8, 4) is 16.9 Å². The molecule has 0 spiro atoms. The molecular weight excluding hydrogens is 452 g/mol.